The van der Waals surface area contributed by atoms with Crippen molar-refractivity contribution < 1.29 is 4.79 Å². The topological polar surface area (TPSA) is 32.7 Å². The van der Waals surface area contributed by atoms with Gasteiger partial charge in [0.15, 0.2) is 5.17 Å². The van der Waals surface area contributed by atoms with Crippen molar-refractivity contribution in [2.45, 2.75) is 76.9 Å². The molecule has 0 bridgehead atoms. The SMILES string of the molecule is CCN(C1=NC(=O)CC(C2CCCCC2)S1)c1ccccc1C(C)(C)C. The molecule has 2 aliphatic rings. The van der Waals surface area contributed by atoms with Crippen LogP contribution < -0.4 is 4.90 Å². The summed E-state index contributed by atoms with van der Waals surface area (Å²) in [6.07, 6.45) is 7.12. The van der Waals surface area contributed by atoms with Gasteiger partial charge in [-0.05, 0) is 42.7 Å². The normalized spacial score (nSPS) is 22.2. The number of amidine groups is 1. The van der Waals surface area contributed by atoms with Gasteiger partial charge in [-0.3, -0.25) is 4.79 Å². The van der Waals surface area contributed by atoms with E-state index in [-0.39, 0.29) is 11.3 Å². The maximum Gasteiger partial charge on any atom is 0.249 e. The van der Waals surface area contributed by atoms with E-state index < -0.39 is 0 Å². The first-order valence-electron chi connectivity index (χ1n) is 10.1. The number of hydrogen-bond donors (Lipinski definition) is 0. The monoisotopic (exact) mass is 372 g/mol. The first kappa shape index (κ1) is 19.5. The van der Waals surface area contributed by atoms with Gasteiger partial charge in [-0.25, -0.2) is 0 Å². The Morgan fingerprint density at radius 2 is 1.85 bits per heavy atom. The van der Waals surface area contributed by atoms with Crippen LogP contribution in [0.3, 0.4) is 0 Å². The molecule has 3 rings (SSSR count). The molecule has 0 aromatic heterocycles. The third-order valence-electron chi connectivity index (χ3n) is 5.58. The predicted molar refractivity (Wildman–Crippen MR) is 113 cm³/mol. The second-order valence-corrected chi connectivity index (χ2v) is 9.76. The summed E-state index contributed by atoms with van der Waals surface area (Å²) in [6.45, 7) is 9.70. The molecule has 26 heavy (non-hydrogen) atoms. The van der Waals surface area contributed by atoms with Crippen LogP contribution in [0, 0.1) is 5.92 Å². The highest BCUT2D eigenvalue weighted by Crippen LogP contribution is 2.40. The second-order valence-electron chi connectivity index (χ2n) is 8.56. The Hall–Kier alpha value is -1.29. The fourth-order valence-electron chi connectivity index (χ4n) is 4.17. The van der Waals surface area contributed by atoms with Crippen LogP contribution in [0.4, 0.5) is 5.69 Å². The molecule has 4 heteroatoms. The van der Waals surface area contributed by atoms with Crippen LogP contribution >= 0.6 is 11.8 Å². The van der Waals surface area contributed by atoms with Gasteiger partial charge >= 0.3 is 0 Å². The highest BCUT2D eigenvalue weighted by atomic mass is 32.2. The van der Waals surface area contributed by atoms with E-state index in [0.717, 1.165) is 11.7 Å². The van der Waals surface area contributed by atoms with E-state index in [9.17, 15) is 4.79 Å². The van der Waals surface area contributed by atoms with Crippen molar-refractivity contribution in [3.63, 3.8) is 0 Å². The smallest absolute Gasteiger partial charge is 0.249 e. The Morgan fingerprint density at radius 3 is 2.50 bits per heavy atom. The summed E-state index contributed by atoms with van der Waals surface area (Å²) >= 11 is 1.84. The lowest BCUT2D eigenvalue weighted by Crippen LogP contribution is -2.37. The Kier molecular flexibility index (Phi) is 6.11. The average Bonchev–Trinajstić information content (AvgIpc) is 2.62. The summed E-state index contributed by atoms with van der Waals surface area (Å²) in [5.74, 6) is 0.723. The molecule has 1 unspecified atom stereocenters. The summed E-state index contributed by atoms with van der Waals surface area (Å²) in [4.78, 5) is 19.1. The van der Waals surface area contributed by atoms with Gasteiger partial charge in [0.1, 0.15) is 0 Å². The molecule has 1 amide bonds. The van der Waals surface area contributed by atoms with Crippen molar-refractivity contribution in [3.8, 4) is 0 Å². The quantitative estimate of drug-likeness (QED) is 0.674. The molecule has 1 aromatic carbocycles. The van der Waals surface area contributed by atoms with Crippen LogP contribution in [-0.2, 0) is 10.2 Å². The molecule has 1 aromatic rings. The molecule has 0 saturated heterocycles. The van der Waals surface area contributed by atoms with Gasteiger partial charge in [-0.15, -0.1) is 0 Å². The molecule has 1 heterocycles. The third kappa shape index (κ3) is 4.33. The van der Waals surface area contributed by atoms with Crippen LogP contribution in [0.25, 0.3) is 0 Å². The number of para-hydroxylation sites is 1. The minimum absolute atomic E-state index is 0.0523. The van der Waals surface area contributed by atoms with Crippen LogP contribution in [0.1, 0.15) is 71.8 Å². The molecule has 1 saturated carbocycles. The van der Waals surface area contributed by atoms with Gasteiger partial charge in [-0.2, -0.15) is 4.99 Å². The van der Waals surface area contributed by atoms with Crippen molar-refractivity contribution in [3.05, 3.63) is 29.8 Å². The number of amides is 1. The first-order chi connectivity index (χ1) is 12.4. The van der Waals surface area contributed by atoms with E-state index >= 15 is 0 Å². The van der Waals surface area contributed by atoms with Gasteiger partial charge in [0.2, 0.25) is 5.91 Å². The van der Waals surface area contributed by atoms with Crippen molar-refractivity contribution in [2.75, 3.05) is 11.4 Å². The first-order valence-corrected chi connectivity index (χ1v) is 10.9. The lowest BCUT2D eigenvalue weighted by Gasteiger charge is -2.36. The highest BCUT2D eigenvalue weighted by Gasteiger charge is 2.33. The minimum atomic E-state index is 0.0523. The average molecular weight is 373 g/mol. The largest absolute Gasteiger partial charge is 0.321 e. The Labute approximate surface area is 162 Å². The molecule has 1 atom stereocenters. The Morgan fingerprint density at radius 1 is 1.15 bits per heavy atom. The van der Waals surface area contributed by atoms with E-state index in [1.165, 1.54) is 43.4 Å². The number of nitrogens with zero attached hydrogens (tertiary/aromatic N) is 2. The summed E-state index contributed by atoms with van der Waals surface area (Å²) in [5.41, 5.74) is 2.54. The van der Waals surface area contributed by atoms with Gasteiger partial charge in [0.05, 0.1) is 0 Å². The van der Waals surface area contributed by atoms with Crippen LogP contribution in [0.5, 0.6) is 0 Å². The molecule has 0 N–H and O–H groups in total. The zero-order valence-electron chi connectivity index (χ0n) is 16.6. The van der Waals surface area contributed by atoms with Crippen molar-refractivity contribution >= 4 is 28.5 Å². The third-order valence-corrected chi connectivity index (χ3v) is 6.96. The van der Waals surface area contributed by atoms with Gasteiger partial charge in [-0.1, -0.05) is 70.0 Å². The number of carbonyl (C=O) groups is 1. The highest BCUT2D eigenvalue weighted by molar-refractivity contribution is 8.14. The van der Waals surface area contributed by atoms with E-state index in [1.54, 1.807) is 0 Å². The molecule has 1 fully saturated rings. The fraction of sp³-hybridized carbons (Fsp3) is 0.636. The van der Waals surface area contributed by atoms with Crippen LogP contribution in [0.2, 0.25) is 0 Å². The van der Waals surface area contributed by atoms with Crippen molar-refractivity contribution in [1.29, 1.82) is 0 Å². The van der Waals surface area contributed by atoms with E-state index in [1.807, 2.05) is 11.8 Å². The molecule has 3 nitrogen and oxygen atoms in total. The number of carbonyl (C=O) groups excluding carboxylic acids is 1. The maximum absolute atomic E-state index is 12.4. The van der Waals surface area contributed by atoms with Gasteiger partial charge in [0, 0.05) is 23.9 Å². The van der Waals surface area contributed by atoms with E-state index in [0.29, 0.717) is 17.6 Å². The van der Waals surface area contributed by atoms with Crippen molar-refractivity contribution in [1.82, 2.24) is 0 Å². The van der Waals surface area contributed by atoms with E-state index in [4.69, 9.17) is 0 Å². The summed E-state index contributed by atoms with van der Waals surface area (Å²) in [5, 5.41) is 1.29. The van der Waals surface area contributed by atoms with Gasteiger partial charge in [0.25, 0.3) is 0 Å². The number of rotatable bonds is 3. The maximum atomic E-state index is 12.4. The number of anilines is 1. The molecular weight excluding hydrogens is 340 g/mol. The number of hydrogen-bond acceptors (Lipinski definition) is 3. The summed E-state index contributed by atoms with van der Waals surface area (Å²) in [6, 6.07) is 8.56. The van der Waals surface area contributed by atoms with Crippen molar-refractivity contribution in [2.24, 2.45) is 10.9 Å². The zero-order valence-corrected chi connectivity index (χ0v) is 17.4. The van der Waals surface area contributed by atoms with Crippen LogP contribution in [-0.4, -0.2) is 22.9 Å². The standard InChI is InChI=1S/C22H32N2OS/c1-5-24(18-14-10-9-13-17(18)22(2,3)4)21-23-20(25)15-19(26-21)16-11-7-6-8-12-16/h9-10,13-14,16,19H,5-8,11-12,15H2,1-4H3. The Bertz CT molecular complexity index is 671. The predicted octanol–water partition coefficient (Wildman–Crippen LogP) is 5.78. The molecule has 1 aliphatic heterocycles. The molecule has 0 radical (unpaired) electrons. The second kappa shape index (κ2) is 8.16. The molecule has 1 aliphatic carbocycles. The van der Waals surface area contributed by atoms with Crippen LogP contribution in [0.15, 0.2) is 29.3 Å². The summed E-state index contributed by atoms with van der Waals surface area (Å²) in [7, 11) is 0. The van der Waals surface area contributed by atoms with Gasteiger partial charge < -0.3 is 4.90 Å². The molecule has 0 spiro atoms. The number of benzene rings is 1. The lowest BCUT2D eigenvalue weighted by atomic mass is 9.85. The lowest BCUT2D eigenvalue weighted by molar-refractivity contribution is -0.118. The fourth-order valence-corrected chi connectivity index (χ4v) is 5.64. The number of thioether (sulfide) groups is 1. The summed E-state index contributed by atoms with van der Waals surface area (Å²) < 4.78 is 0. The molecular formula is C22H32N2OS. The van der Waals surface area contributed by atoms with E-state index in [2.05, 4.69) is 61.9 Å². The minimum Gasteiger partial charge on any atom is -0.321 e. The Balaban J connectivity index is 1.89. The zero-order chi connectivity index (χ0) is 18.7. The number of aliphatic imine (C=N–C) groups is 1. The molecule has 142 valence electrons.